The van der Waals surface area contributed by atoms with Crippen LogP contribution in [0.2, 0.25) is 5.02 Å². The third-order valence-corrected chi connectivity index (χ3v) is 4.96. The first-order valence-corrected chi connectivity index (χ1v) is 9.39. The fourth-order valence-electron chi connectivity index (χ4n) is 3.19. The molecule has 1 unspecified atom stereocenters. The average Bonchev–Trinajstić information content (AvgIpc) is 3.16. The Morgan fingerprint density at radius 3 is 2.80 bits per heavy atom. The molecule has 3 N–H and O–H groups in total. The number of rotatable bonds is 4. The van der Waals surface area contributed by atoms with E-state index in [1.165, 1.54) is 30.5 Å². The number of halogens is 1. The predicted molar refractivity (Wildman–Crippen MR) is 111 cm³/mol. The number of nitrogens with two attached hydrogens (primary N) is 1. The normalized spacial score (nSPS) is 15.6. The van der Waals surface area contributed by atoms with Gasteiger partial charge in [0.1, 0.15) is 16.7 Å². The topological polar surface area (TPSA) is 128 Å². The number of methoxy groups -OCH3 is 1. The molecule has 11 heteroatoms. The van der Waals surface area contributed by atoms with Gasteiger partial charge in [-0.2, -0.15) is 10.1 Å². The summed E-state index contributed by atoms with van der Waals surface area (Å²) in [6.45, 7) is 2.26. The molecule has 0 saturated heterocycles. The quantitative estimate of drug-likeness (QED) is 0.654. The number of nitrogens with one attached hydrogen (secondary N) is 1. The van der Waals surface area contributed by atoms with Crippen molar-refractivity contribution >= 4 is 40.7 Å². The number of anilines is 3. The molecule has 30 heavy (non-hydrogen) atoms. The van der Waals surface area contributed by atoms with Crippen LogP contribution in [0.5, 0.6) is 5.88 Å². The van der Waals surface area contributed by atoms with Crippen molar-refractivity contribution in [3.05, 3.63) is 52.9 Å². The highest BCUT2D eigenvalue weighted by Crippen LogP contribution is 2.32. The summed E-state index contributed by atoms with van der Waals surface area (Å²) in [6.07, 6.45) is 2.81. The van der Waals surface area contributed by atoms with Crippen LogP contribution in [0.3, 0.4) is 0 Å². The van der Waals surface area contributed by atoms with Gasteiger partial charge in [-0.1, -0.05) is 11.6 Å². The molecule has 0 fully saturated rings. The SMILES string of the molecule is COc1nc(N2CC(C)n3ncc(NC(=O)c4ccc(N)nc4)c3C2=O)ccc1Cl. The van der Waals surface area contributed by atoms with Crippen LogP contribution in [0.25, 0.3) is 0 Å². The summed E-state index contributed by atoms with van der Waals surface area (Å²) in [5, 5.41) is 7.34. The molecular formula is C19H18ClN7O3. The van der Waals surface area contributed by atoms with Gasteiger partial charge < -0.3 is 15.8 Å². The lowest BCUT2D eigenvalue weighted by atomic mass is 10.1. The first-order chi connectivity index (χ1) is 14.4. The number of amides is 2. The van der Waals surface area contributed by atoms with E-state index in [2.05, 4.69) is 20.4 Å². The number of ether oxygens (including phenoxy) is 1. The lowest BCUT2D eigenvalue weighted by Gasteiger charge is -2.31. The van der Waals surface area contributed by atoms with Crippen molar-refractivity contribution in [2.24, 2.45) is 0 Å². The van der Waals surface area contributed by atoms with Crippen molar-refractivity contribution in [2.75, 3.05) is 29.6 Å². The molecule has 3 aromatic heterocycles. The average molecular weight is 428 g/mol. The van der Waals surface area contributed by atoms with Crippen molar-refractivity contribution in [1.29, 1.82) is 0 Å². The second-order valence-electron chi connectivity index (χ2n) is 6.70. The Labute approximate surface area is 176 Å². The zero-order valence-electron chi connectivity index (χ0n) is 16.2. The minimum atomic E-state index is -0.429. The second-order valence-corrected chi connectivity index (χ2v) is 7.11. The Hall–Kier alpha value is -3.66. The number of nitrogens with zero attached hydrogens (tertiary/aromatic N) is 5. The monoisotopic (exact) mass is 427 g/mol. The Morgan fingerprint density at radius 2 is 2.10 bits per heavy atom. The summed E-state index contributed by atoms with van der Waals surface area (Å²) in [5.41, 5.74) is 6.41. The standard InChI is InChI=1S/C19H18ClN7O3/c1-10-9-26(15-6-4-12(20)18(25-15)30-2)19(29)16-13(8-23-27(10)16)24-17(28)11-3-5-14(21)22-7-11/h3-8,10H,9H2,1-2H3,(H2,21,22)(H,24,28). The predicted octanol–water partition coefficient (Wildman–Crippen LogP) is 2.39. The van der Waals surface area contributed by atoms with Gasteiger partial charge in [-0.15, -0.1) is 0 Å². The van der Waals surface area contributed by atoms with E-state index in [4.69, 9.17) is 22.1 Å². The maximum atomic E-state index is 13.3. The zero-order valence-corrected chi connectivity index (χ0v) is 16.9. The van der Waals surface area contributed by atoms with Crippen LogP contribution in [0, 0.1) is 0 Å². The molecule has 0 aromatic carbocycles. The third-order valence-electron chi connectivity index (χ3n) is 4.67. The molecule has 4 heterocycles. The van der Waals surface area contributed by atoms with Crippen LogP contribution >= 0.6 is 11.6 Å². The number of carbonyl (C=O) groups is 2. The molecule has 1 aliphatic rings. The lowest BCUT2D eigenvalue weighted by molar-refractivity contribution is 0.0953. The van der Waals surface area contributed by atoms with Crippen LogP contribution in [0.15, 0.2) is 36.7 Å². The molecule has 4 rings (SSSR count). The number of pyridine rings is 2. The first kappa shape index (κ1) is 19.6. The van der Waals surface area contributed by atoms with Gasteiger partial charge in [0.25, 0.3) is 11.8 Å². The van der Waals surface area contributed by atoms with Crippen molar-refractivity contribution < 1.29 is 14.3 Å². The maximum Gasteiger partial charge on any atom is 0.279 e. The summed E-state index contributed by atoms with van der Waals surface area (Å²) < 4.78 is 6.74. The van der Waals surface area contributed by atoms with Crippen molar-refractivity contribution in [3.8, 4) is 5.88 Å². The summed E-state index contributed by atoms with van der Waals surface area (Å²) in [6, 6.07) is 6.18. The number of nitrogen functional groups attached to an aromatic ring is 1. The second kappa shape index (κ2) is 7.64. The van der Waals surface area contributed by atoms with Crippen molar-refractivity contribution in [1.82, 2.24) is 19.7 Å². The highest BCUT2D eigenvalue weighted by molar-refractivity contribution is 6.31. The highest BCUT2D eigenvalue weighted by atomic mass is 35.5. The van der Waals surface area contributed by atoms with E-state index in [9.17, 15) is 9.59 Å². The van der Waals surface area contributed by atoms with E-state index < -0.39 is 5.91 Å². The van der Waals surface area contributed by atoms with Crippen molar-refractivity contribution in [2.45, 2.75) is 13.0 Å². The van der Waals surface area contributed by atoms with E-state index in [-0.39, 0.29) is 23.5 Å². The van der Waals surface area contributed by atoms with E-state index in [1.54, 1.807) is 22.9 Å². The molecule has 1 aliphatic heterocycles. The maximum absolute atomic E-state index is 13.3. The molecule has 0 saturated carbocycles. The minimum absolute atomic E-state index is 0.148. The Bertz CT molecular complexity index is 1130. The van der Waals surface area contributed by atoms with Crippen LogP contribution in [0.4, 0.5) is 17.3 Å². The third kappa shape index (κ3) is 3.41. The first-order valence-electron chi connectivity index (χ1n) is 9.02. The van der Waals surface area contributed by atoms with Gasteiger partial charge in [0.05, 0.1) is 30.6 Å². The molecule has 10 nitrogen and oxygen atoms in total. The van der Waals surface area contributed by atoms with Gasteiger partial charge in [0, 0.05) is 12.7 Å². The van der Waals surface area contributed by atoms with E-state index in [1.807, 2.05) is 6.92 Å². The van der Waals surface area contributed by atoms with E-state index >= 15 is 0 Å². The molecule has 0 spiro atoms. The number of aromatic nitrogens is 4. The van der Waals surface area contributed by atoms with Crippen LogP contribution in [0.1, 0.15) is 33.8 Å². The summed E-state index contributed by atoms with van der Waals surface area (Å²) in [4.78, 5) is 35.6. The van der Waals surface area contributed by atoms with Crippen LogP contribution in [-0.4, -0.2) is 45.2 Å². The summed E-state index contributed by atoms with van der Waals surface area (Å²) in [5.74, 6) is 0.133. The Morgan fingerprint density at radius 1 is 1.30 bits per heavy atom. The lowest BCUT2D eigenvalue weighted by Crippen LogP contribution is -2.43. The molecule has 0 bridgehead atoms. The van der Waals surface area contributed by atoms with Crippen LogP contribution < -0.4 is 20.7 Å². The van der Waals surface area contributed by atoms with Gasteiger partial charge in [-0.3, -0.25) is 19.2 Å². The van der Waals surface area contributed by atoms with Gasteiger partial charge in [-0.25, -0.2) is 4.98 Å². The fraction of sp³-hybridized carbons (Fsp3) is 0.211. The number of fused-ring (bicyclic) bond motifs is 1. The van der Waals surface area contributed by atoms with Gasteiger partial charge in [-0.05, 0) is 31.2 Å². The molecule has 3 aromatic rings. The zero-order chi connectivity index (χ0) is 21.4. The molecular weight excluding hydrogens is 410 g/mol. The minimum Gasteiger partial charge on any atom is -0.480 e. The van der Waals surface area contributed by atoms with Crippen LogP contribution in [-0.2, 0) is 0 Å². The summed E-state index contributed by atoms with van der Waals surface area (Å²) in [7, 11) is 1.45. The molecule has 154 valence electrons. The number of hydrogen-bond acceptors (Lipinski definition) is 7. The number of hydrogen-bond donors (Lipinski definition) is 2. The molecule has 0 radical (unpaired) electrons. The Kier molecular flexibility index (Phi) is 5.00. The van der Waals surface area contributed by atoms with Crippen molar-refractivity contribution in [3.63, 3.8) is 0 Å². The highest BCUT2D eigenvalue weighted by Gasteiger charge is 2.35. The molecule has 1 atom stereocenters. The van der Waals surface area contributed by atoms with E-state index in [0.29, 0.717) is 34.5 Å². The Balaban J connectivity index is 1.66. The van der Waals surface area contributed by atoms with Gasteiger partial charge >= 0.3 is 0 Å². The number of carbonyl (C=O) groups excluding carboxylic acids is 2. The largest absolute Gasteiger partial charge is 0.480 e. The molecule has 0 aliphatic carbocycles. The smallest absolute Gasteiger partial charge is 0.279 e. The fourth-order valence-corrected chi connectivity index (χ4v) is 3.37. The van der Waals surface area contributed by atoms with Gasteiger partial charge in [0.15, 0.2) is 5.69 Å². The van der Waals surface area contributed by atoms with E-state index in [0.717, 1.165) is 0 Å². The van der Waals surface area contributed by atoms with Gasteiger partial charge in [0.2, 0.25) is 5.88 Å². The summed E-state index contributed by atoms with van der Waals surface area (Å²) >= 11 is 6.05. The molecule has 2 amide bonds.